The van der Waals surface area contributed by atoms with E-state index in [9.17, 15) is 81.1 Å². The molecule has 0 saturated heterocycles. The van der Waals surface area contributed by atoms with Gasteiger partial charge in [-0.3, -0.25) is 60.7 Å². The van der Waals surface area contributed by atoms with Crippen LogP contribution in [0.3, 0.4) is 0 Å². The molecule has 0 aliphatic heterocycles. The minimum Gasteiger partial charge on any atom is -0.508 e. The minimum atomic E-state index is -0.866. The van der Waals surface area contributed by atoms with Crippen LogP contribution < -0.4 is 0 Å². The van der Waals surface area contributed by atoms with Gasteiger partial charge in [-0.15, -0.1) is 0 Å². The van der Waals surface area contributed by atoms with Crippen LogP contribution in [-0.4, -0.2) is 50.0 Å². The first kappa shape index (κ1) is 56.0. The molecule has 8 aromatic carbocycles. The van der Waals surface area contributed by atoms with Crippen LogP contribution in [0.5, 0.6) is 23.0 Å². The van der Waals surface area contributed by atoms with E-state index in [-0.39, 0.29) is 127 Å². The molecule has 8 rings (SSSR count). The number of aromatic hydroxyl groups is 4. The third kappa shape index (κ3) is 13.6. The first-order chi connectivity index (χ1) is 39.1. The summed E-state index contributed by atoms with van der Waals surface area (Å²) in [6.07, 6.45) is -0.969. The van der Waals surface area contributed by atoms with Crippen molar-refractivity contribution in [3.63, 3.8) is 0 Å². The van der Waals surface area contributed by atoms with Crippen molar-refractivity contribution in [2.45, 2.75) is 26.2 Å². The van der Waals surface area contributed by atoms with Crippen molar-refractivity contribution in [1.82, 2.24) is 0 Å². The summed E-state index contributed by atoms with van der Waals surface area (Å²) in [5.41, 5.74) is -2.64. The summed E-state index contributed by atoms with van der Waals surface area (Å²) in [6, 6.07) is 28.0. The fourth-order valence-corrected chi connectivity index (χ4v) is 8.05. The molecule has 0 fully saturated rings. The molecule has 0 aliphatic carbocycles. The molecule has 0 spiro atoms. The third-order valence-corrected chi connectivity index (χ3v) is 11.9. The van der Waals surface area contributed by atoms with E-state index < -0.39 is 63.8 Å². The van der Waals surface area contributed by atoms with Crippen LogP contribution >= 0.6 is 0 Å². The number of nitro groups is 6. The Morgan fingerprint density at radius 2 is 0.573 bits per heavy atom. The van der Waals surface area contributed by atoms with E-state index in [0.717, 1.165) is 42.5 Å². The molecule has 8 aromatic rings. The van der Waals surface area contributed by atoms with Gasteiger partial charge in [-0.1, -0.05) is 12.1 Å². The molecule has 0 unspecified atom stereocenters. The summed E-state index contributed by atoms with van der Waals surface area (Å²) < 4.78 is 0. The Balaban J connectivity index is 1.23. The molecule has 0 aromatic heterocycles. The molecule has 30 heteroatoms. The highest BCUT2D eigenvalue weighted by Crippen LogP contribution is 2.41. The van der Waals surface area contributed by atoms with E-state index in [0.29, 0.717) is 0 Å². The lowest BCUT2D eigenvalue weighted by Gasteiger charge is -2.16. The van der Waals surface area contributed by atoms with Crippen LogP contribution in [0.25, 0.3) is 0 Å². The van der Waals surface area contributed by atoms with Gasteiger partial charge in [0.25, 0.3) is 34.1 Å². The zero-order valence-corrected chi connectivity index (χ0v) is 41.8. The predicted molar refractivity (Wildman–Crippen MR) is 288 cm³/mol. The van der Waals surface area contributed by atoms with Crippen molar-refractivity contribution >= 4 is 79.6 Å². The Bertz CT molecular complexity index is 4030. The molecule has 4 N–H and O–H groups in total. The lowest BCUT2D eigenvalue weighted by molar-refractivity contribution is -0.394. The average Bonchev–Trinajstić information content (AvgIpc) is 3.59. The highest BCUT2D eigenvalue weighted by atomic mass is 16.6. The quantitative estimate of drug-likeness (QED) is 0.0313. The standard InChI is InChI=1S/C52H36N14O16/c1-28-10-38(56-59-41-22-45(63(75)76)26-46(23-41)64(77)78)15-30(50(28)68)12-32-17-39(57-54-36-5-3-7-44(21-36)62(73)74)18-34(52(32)70)13-33-19-40(58-60-42-24-47(65(79)80)27-48(25-42)66(81)82)16-31(51(33)69)11-29-14-37(8-9-49(29)67)55-53-35-4-2-6-43(20-35)61(71)72/h2-10,14-27,67-70H,11-13H2,1H3. The zero-order valence-electron chi connectivity index (χ0n) is 41.8. The number of phenolic OH excluding ortho intramolecular Hbond substituents is 4. The van der Waals surface area contributed by atoms with Crippen LogP contribution in [0.4, 0.5) is 79.6 Å². The Kier molecular flexibility index (Phi) is 16.4. The maximum Gasteiger partial charge on any atom is 0.278 e. The lowest BCUT2D eigenvalue weighted by Crippen LogP contribution is -1.98. The van der Waals surface area contributed by atoms with Gasteiger partial charge in [0.1, 0.15) is 23.0 Å². The van der Waals surface area contributed by atoms with E-state index in [2.05, 4.69) is 40.9 Å². The number of aryl methyl sites for hydroxylation is 1. The van der Waals surface area contributed by atoms with E-state index >= 15 is 0 Å². The summed E-state index contributed by atoms with van der Waals surface area (Å²) in [6.45, 7) is 1.51. The second-order valence-electron chi connectivity index (χ2n) is 17.6. The van der Waals surface area contributed by atoms with Crippen molar-refractivity contribution in [3.05, 3.63) is 239 Å². The van der Waals surface area contributed by atoms with Crippen molar-refractivity contribution in [2.75, 3.05) is 0 Å². The number of benzene rings is 8. The number of nitrogens with zero attached hydrogens (tertiary/aromatic N) is 14. The highest BCUT2D eigenvalue weighted by Gasteiger charge is 2.22. The van der Waals surface area contributed by atoms with Gasteiger partial charge >= 0.3 is 0 Å². The van der Waals surface area contributed by atoms with Crippen LogP contribution in [0, 0.1) is 67.6 Å². The number of non-ortho nitro benzene ring substituents is 6. The minimum absolute atomic E-state index is 0.00832. The summed E-state index contributed by atoms with van der Waals surface area (Å²) >= 11 is 0. The molecule has 0 bridgehead atoms. The average molecular weight is 1110 g/mol. The molecular weight excluding hydrogens is 1080 g/mol. The molecule has 0 aliphatic rings. The van der Waals surface area contributed by atoms with E-state index in [1.54, 1.807) is 0 Å². The monoisotopic (exact) mass is 1110 g/mol. The Labute approximate surface area is 457 Å². The zero-order chi connectivity index (χ0) is 58.9. The van der Waals surface area contributed by atoms with Gasteiger partial charge in [0.15, 0.2) is 0 Å². The van der Waals surface area contributed by atoms with Gasteiger partial charge in [0.05, 0.1) is 87.2 Å². The van der Waals surface area contributed by atoms with Crippen LogP contribution in [0.2, 0.25) is 0 Å². The van der Waals surface area contributed by atoms with Gasteiger partial charge in [-0.05, 0) is 79.2 Å². The largest absolute Gasteiger partial charge is 0.508 e. The fraction of sp³-hybridized carbons (Fsp3) is 0.0769. The Hall–Kier alpha value is -12.2. The molecule has 0 heterocycles. The third-order valence-electron chi connectivity index (χ3n) is 11.9. The van der Waals surface area contributed by atoms with Gasteiger partial charge in [-0.2, -0.15) is 40.9 Å². The smallest absolute Gasteiger partial charge is 0.278 e. The SMILES string of the molecule is Cc1cc(N=Nc2cc([N+](=O)[O-])cc([N+](=O)[O-])c2)cc(Cc2cc(N=Nc3cccc([N+](=O)[O-])c3)cc(Cc3cc(N=Nc4cc([N+](=O)[O-])cc([N+](=O)[O-])c4)cc(Cc4cc(N=Nc5cccc([N+](=O)[O-])c5)ccc4O)c3O)c2O)c1O. The molecule has 0 saturated carbocycles. The van der Waals surface area contributed by atoms with Crippen molar-refractivity contribution in [2.24, 2.45) is 40.9 Å². The number of nitro benzene ring substituents is 6. The number of phenols is 4. The molecule has 0 amide bonds. The second-order valence-corrected chi connectivity index (χ2v) is 17.6. The van der Waals surface area contributed by atoms with Crippen LogP contribution in [0.1, 0.15) is 38.9 Å². The molecule has 0 radical (unpaired) electrons. The fourth-order valence-electron chi connectivity index (χ4n) is 8.05. The topological polar surface area (TPSA) is 439 Å². The van der Waals surface area contributed by atoms with Gasteiger partial charge in [0, 0.05) is 101 Å². The van der Waals surface area contributed by atoms with Gasteiger partial charge < -0.3 is 20.4 Å². The summed E-state index contributed by atoms with van der Waals surface area (Å²) in [7, 11) is 0. The van der Waals surface area contributed by atoms with E-state index in [4.69, 9.17) is 0 Å². The molecule has 0 atom stereocenters. The second kappa shape index (κ2) is 24.0. The van der Waals surface area contributed by atoms with E-state index in [1.165, 1.54) is 104 Å². The van der Waals surface area contributed by atoms with Crippen molar-refractivity contribution in [1.29, 1.82) is 0 Å². The molecule has 410 valence electrons. The van der Waals surface area contributed by atoms with Crippen molar-refractivity contribution in [3.8, 4) is 23.0 Å². The number of rotatable bonds is 20. The first-order valence-electron chi connectivity index (χ1n) is 23.4. The van der Waals surface area contributed by atoms with Crippen molar-refractivity contribution < 1.29 is 50.0 Å². The summed E-state index contributed by atoms with van der Waals surface area (Å²) in [5.74, 6) is -1.43. The first-order valence-corrected chi connectivity index (χ1v) is 23.4. The van der Waals surface area contributed by atoms with Crippen LogP contribution in [0.15, 0.2) is 180 Å². The maximum absolute atomic E-state index is 12.1. The number of hydrogen-bond donors (Lipinski definition) is 4. The maximum atomic E-state index is 12.1. The van der Waals surface area contributed by atoms with E-state index in [1.807, 2.05) is 0 Å². The summed E-state index contributed by atoms with van der Waals surface area (Å²) in [5, 5.41) is 149. The molecule has 82 heavy (non-hydrogen) atoms. The molecule has 30 nitrogen and oxygen atoms in total. The number of hydrogen-bond acceptors (Lipinski definition) is 24. The van der Waals surface area contributed by atoms with Crippen LogP contribution in [-0.2, 0) is 19.3 Å². The Morgan fingerprint density at radius 3 is 0.927 bits per heavy atom. The number of azo groups is 4. The normalized spacial score (nSPS) is 11.5. The van der Waals surface area contributed by atoms with Gasteiger partial charge in [0.2, 0.25) is 0 Å². The van der Waals surface area contributed by atoms with Gasteiger partial charge in [-0.25, -0.2) is 0 Å². The Morgan fingerprint density at radius 1 is 0.305 bits per heavy atom. The predicted octanol–water partition coefficient (Wildman–Crippen LogP) is 14.7. The lowest BCUT2D eigenvalue weighted by atomic mass is 9.93. The highest BCUT2D eigenvalue weighted by molar-refractivity contribution is 5.63. The summed E-state index contributed by atoms with van der Waals surface area (Å²) in [4.78, 5) is 64.7. The molecular formula is C52H36N14O16.